The van der Waals surface area contributed by atoms with Crippen LogP contribution in [0.1, 0.15) is 32.1 Å². The van der Waals surface area contributed by atoms with E-state index in [1.807, 2.05) is 0 Å². The van der Waals surface area contributed by atoms with E-state index < -0.39 is 5.97 Å². The standard InChI is InChI=1S/C13H24N2O3/c16-10-2-6-14-8-4-11(5-9-14)15-7-1-3-12(15)13(17)18/h11-12,16H,1-10H2,(H,17,18). The molecule has 0 aliphatic carbocycles. The van der Waals surface area contributed by atoms with Gasteiger partial charge < -0.3 is 15.1 Å². The first-order valence-corrected chi connectivity index (χ1v) is 7.04. The van der Waals surface area contributed by atoms with E-state index >= 15 is 0 Å². The van der Waals surface area contributed by atoms with Crippen molar-refractivity contribution in [2.45, 2.75) is 44.2 Å². The normalized spacial score (nSPS) is 27.7. The number of carbonyl (C=O) groups is 1. The molecule has 5 heteroatoms. The van der Waals surface area contributed by atoms with Gasteiger partial charge in [0.2, 0.25) is 0 Å². The molecule has 0 bridgehead atoms. The highest BCUT2D eigenvalue weighted by molar-refractivity contribution is 5.73. The molecule has 2 N–H and O–H groups in total. The summed E-state index contributed by atoms with van der Waals surface area (Å²) in [4.78, 5) is 15.8. The van der Waals surface area contributed by atoms with E-state index in [-0.39, 0.29) is 12.6 Å². The predicted octanol–water partition coefficient (Wildman–Crippen LogP) is 0.382. The highest BCUT2D eigenvalue weighted by Gasteiger charge is 2.36. The van der Waals surface area contributed by atoms with Crippen molar-refractivity contribution in [3.63, 3.8) is 0 Å². The molecule has 18 heavy (non-hydrogen) atoms. The van der Waals surface area contributed by atoms with Crippen molar-refractivity contribution < 1.29 is 15.0 Å². The molecule has 0 radical (unpaired) electrons. The summed E-state index contributed by atoms with van der Waals surface area (Å²) in [6.07, 6.45) is 4.79. The first-order chi connectivity index (χ1) is 8.72. The maximum absolute atomic E-state index is 11.2. The molecule has 0 aromatic carbocycles. The second-order valence-corrected chi connectivity index (χ2v) is 5.38. The highest BCUT2D eigenvalue weighted by atomic mass is 16.4. The van der Waals surface area contributed by atoms with Crippen LogP contribution in [0, 0.1) is 0 Å². The lowest BCUT2D eigenvalue weighted by Gasteiger charge is -2.38. The van der Waals surface area contributed by atoms with Crippen LogP contribution < -0.4 is 0 Å². The molecule has 2 aliphatic heterocycles. The second kappa shape index (κ2) is 6.50. The maximum atomic E-state index is 11.2. The fourth-order valence-electron chi connectivity index (χ4n) is 3.26. The lowest BCUT2D eigenvalue weighted by Crippen LogP contribution is -2.49. The van der Waals surface area contributed by atoms with E-state index in [9.17, 15) is 9.90 Å². The smallest absolute Gasteiger partial charge is 0.320 e. The molecule has 2 saturated heterocycles. The lowest BCUT2D eigenvalue weighted by atomic mass is 10.0. The molecular weight excluding hydrogens is 232 g/mol. The van der Waals surface area contributed by atoms with Gasteiger partial charge in [-0.25, -0.2) is 0 Å². The van der Waals surface area contributed by atoms with Crippen molar-refractivity contribution in [1.82, 2.24) is 9.80 Å². The SMILES string of the molecule is O=C(O)C1CCCN1C1CCN(CCCO)CC1. The number of piperidine rings is 1. The Hall–Kier alpha value is -0.650. The average Bonchev–Trinajstić information content (AvgIpc) is 2.86. The van der Waals surface area contributed by atoms with Crippen molar-refractivity contribution in [2.24, 2.45) is 0 Å². The monoisotopic (exact) mass is 256 g/mol. The lowest BCUT2D eigenvalue weighted by molar-refractivity contribution is -0.143. The Morgan fingerprint density at radius 1 is 1.17 bits per heavy atom. The van der Waals surface area contributed by atoms with Gasteiger partial charge in [-0.15, -0.1) is 0 Å². The van der Waals surface area contributed by atoms with Crippen LogP contribution in [0.25, 0.3) is 0 Å². The number of hydrogen-bond donors (Lipinski definition) is 2. The molecule has 2 heterocycles. The van der Waals surface area contributed by atoms with Crippen LogP contribution in [0.3, 0.4) is 0 Å². The minimum absolute atomic E-state index is 0.251. The van der Waals surface area contributed by atoms with Crippen molar-refractivity contribution in [3.05, 3.63) is 0 Å². The van der Waals surface area contributed by atoms with Gasteiger partial charge in [0.1, 0.15) is 6.04 Å². The molecule has 0 amide bonds. The van der Waals surface area contributed by atoms with E-state index in [1.165, 1.54) is 0 Å². The van der Waals surface area contributed by atoms with Crippen molar-refractivity contribution >= 4 is 5.97 Å². The summed E-state index contributed by atoms with van der Waals surface area (Å²) in [5, 5.41) is 18.0. The minimum Gasteiger partial charge on any atom is -0.480 e. The van der Waals surface area contributed by atoms with E-state index in [1.54, 1.807) is 0 Å². The van der Waals surface area contributed by atoms with Crippen LogP contribution in [-0.2, 0) is 4.79 Å². The number of carboxylic acid groups (broad SMARTS) is 1. The van der Waals surface area contributed by atoms with Gasteiger partial charge in [-0.2, -0.15) is 0 Å². The molecule has 104 valence electrons. The van der Waals surface area contributed by atoms with Crippen molar-refractivity contribution in [3.8, 4) is 0 Å². The third-order valence-electron chi connectivity index (χ3n) is 4.24. The molecule has 0 spiro atoms. The number of aliphatic hydroxyl groups excluding tert-OH is 1. The van der Waals surface area contributed by atoms with Crippen LogP contribution in [0.15, 0.2) is 0 Å². The van der Waals surface area contributed by atoms with Gasteiger partial charge in [0.05, 0.1) is 0 Å². The fourth-order valence-corrected chi connectivity index (χ4v) is 3.26. The molecule has 2 rings (SSSR count). The average molecular weight is 256 g/mol. The van der Waals surface area contributed by atoms with Gasteiger partial charge in [-0.05, 0) is 51.7 Å². The Bertz CT molecular complexity index is 277. The van der Waals surface area contributed by atoms with Crippen LogP contribution in [0.5, 0.6) is 0 Å². The third kappa shape index (κ3) is 3.22. The van der Waals surface area contributed by atoms with E-state index in [4.69, 9.17) is 5.11 Å². The van der Waals surface area contributed by atoms with Crippen molar-refractivity contribution in [2.75, 3.05) is 32.8 Å². The zero-order valence-electron chi connectivity index (χ0n) is 10.9. The minimum atomic E-state index is -0.657. The van der Waals surface area contributed by atoms with Gasteiger partial charge >= 0.3 is 5.97 Å². The second-order valence-electron chi connectivity index (χ2n) is 5.38. The maximum Gasteiger partial charge on any atom is 0.320 e. The summed E-state index contributed by atoms with van der Waals surface area (Å²) >= 11 is 0. The van der Waals surface area contributed by atoms with Gasteiger partial charge in [0.15, 0.2) is 0 Å². The quantitative estimate of drug-likeness (QED) is 0.744. The number of likely N-dealkylation sites (tertiary alicyclic amines) is 2. The van der Waals surface area contributed by atoms with Gasteiger partial charge in [-0.3, -0.25) is 9.69 Å². The molecule has 0 aromatic rings. The van der Waals surface area contributed by atoms with Crippen LogP contribution >= 0.6 is 0 Å². The van der Waals surface area contributed by atoms with Gasteiger partial charge in [0, 0.05) is 19.2 Å². The molecule has 5 nitrogen and oxygen atoms in total. The number of nitrogens with zero attached hydrogens (tertiary/aromatic N) is 2. The van der Waals surface area contributed by atoms with Crippen LogP contribution in [0.4, 0.5) is 0 Å². The molecule has 2 fully saturated rings. The first-order valence-electron chi connectivity index (χ1n) is 7.04. The van der Waals surface area contributed by atoms with Gasteiger partial charge in [0.25, 0.3) is 0 Å². The number of aliphatic carboxylic acids is 1. The zero-order valence-corrected chi connectivity index (χ0v) is 10.9. The summed E-state index contributed by atoms with van der Waals surface area (Å²) in [7, 11) is 0. The molecule has 2 aliphatic rings. The summed E-state index contributed by atoms with van der Waals surface area (Å²) in [6, 6.07) is 0.193. The Kier molecular flexibility index (Phi) is 4.97. The zero-order chi connectivity index (χ0) is 13.0. The Morgan fingerprint density at radius 2 is 1.89 bits per heavy atom. The Morgan fingerprint density at radius 3 is 2.50 bits per heavy atom. The Labute approximate surface area is 108 Å². The van der Waals surface area contributed by atoms with E-state index in [2.05, 4.69) is 9.80 Å². The largest absolute Gasteiger partial charge is 0.480 e. The summed E-state index contributed by atoms with van der Waals surface area (Å²) in [5.74, 6) is -0.657. The van der Waals surface area contributed by atoms with Crippen molar-refractivity contribution in [1.29, 1.82) is 0 Å². The molecule has 1 atom stereocenters. The topological polar surface area (TPSA) is 64.0 Å². The number of hydrogen-bond acceptors (Lipinski definition) is 4. The van der Waals surface area contributed by atoms with E-state index in [0.29, 0.717) is 6.04 Å². The summed E-state index contributed by atoms with van der Waals surface area (Å²) in [5.41, 5.74) is 0. The third-order valence-corrected chi connectivity index (χ3v) is 4.24. The summed E-state index contributed by atoms with van der Waals surface area (Å²) < 4.78 is 0. The molecule has 0 aromatic heterocycles. The predicted molar refractivity (Wildman–Crippen MR) is 68.5 cm³/mol. The number of aliphatic hydroxyl groups is 1. The molecule has 1 unspecified atom stereocenters. The van der Waals surface area contributed by atoms with Crippen LogP contribution in [0.2, 0.25) is 0 Å². The number of rotatable bonds is 5. The molecule has 0 saturated carbocycles. The first kappa shape index (κ1) is 13.8. The van der Waals surface area contributed by atoms with Gasteiger partial charge in [-0.1, -0.05) is 0 Å². The Balaban J connectivity index is 1.80. The molecular formula is C13H24N2O3. The highest BCUT2D eigenvalue weighted by Crippen LogP contribution is 2.26. The van der Waals surface area contributed by atoms with Crippen LogP contribution in [-0.4, -0.2) is 70.9 Å². The number of carboxylic acids is 1. The summed E-state index contributed by atoms with van der Waals surface area (Å²) in [6.45, 7) is 4.23. The fraction of sp³-hybridized carbons (Fsp3) is 0.923. The van der Waals surface area contributed by atoms with E-state index in [0.717, 1.165) is 58.3 Å².